The second-order valence-corrected chi connectivity index (χ2v) is 15.8. The largest absolute Gasteiger partial charge is 0.481 e. The number of aliphatic carboxylic acids is 1. The molecule has 2 N–H and O–H groups in total. The fraction of sp³-hybridized carbons (Fsp3) is 0.378. The second kappa shape index (κ2) is 13.0. The van der Waals surface area contributed by atoms with Crippen molar-refractivity contribution < 1.29 is 35.9 Å². The van der Waals surface area contributed by atoms with Crippen molar-refractivity contribution >= 4 is 26.7 Å². The summed E-state index contributed by atoms with van der Waals surface area (Å²) in [6.45, 7) is 0.849. The van der Waals surface area contributed by atoms with Gasteiger partial charge >= 0.3 is 5.97 Å². The maximum Gasteiger partial charge on any atom is 0.303 e. The molecule has 0 radical (unpaired) electrons. The van der Waals surface area contributed by atoms with Gasteiger partial charge in [0.2, 0.25) is 0 Å². The van der Waals surface area contributed by atoms with Crippen LogP contribution in [-0.4, -0.2) is 50.7 Å². The van der Waals surface area contributed by atoms with E-state index in [1.807, 2.05) is 0 Å². The van der Waals surface area contributed by atoms with Gasteiger partial charge in [0.05, 0.1) is 22.5 Å². The lowest BCUT2D eigenvalue weighted by Gasteiger charge is -2.30. The van der Waals surface area contributed by atoms with E-state index < -0.39 is 45.1 Å². The summed E-state index contributed by atoms with van der Waals surface area (Å²) in [6.07, 6.45) is 2.10. The van der Waals surface area contributed by atoms with Crippen molar-refractivity contribution in [1.82, 2.24) is 19.7 Å². The van der Waals surface area contributed by atoms with Crippen LogP contribution < -0.4 is 4.74 Å². The van der Waals surface area contributed by atoms with Crippen LogP contribution in [0.25, 0.3) is 22.3 Å². The molecule has 3 heterocycles. The van der Waals surface area contributed by atoms with Crippen LogP contribution in [0.5, 0.6) is 11.5 Å². The van der Waals surface area contributed by atoms with Crippen molar-refractivity contribution in [1.29, 1.82) is 0 Å². The molecule has 0 fully saturated rings. The lowest BCUT2D eigenvalue weighted by molar-refractivity contribution is -0.136. The molecule has 49 heavy (non-hydrogen) atoms. The highest BCUT2D eigenvalue weighted by atomic mass is 32.2. The molecule has 4 bridgehead atoms. The Bertz CT molecular complexity index is 2270. The third kappa shape index (κ3) is 7.24. The number of aryl methyl sites for hydroxylation is 3. The molecule has 12 heteroatoms. The number of ether oxygens (including phenoxy) is 1. The molecule has 2 aromatic heterocycles. The molecule has 3 aromatic carbocycles. The molecule has 1 unspecified atom stereocenters. The molecule has 0 amide bonds. The second-order valence-electron chi connectivity index (χ2n) is 13.6. The number of nitrogens with one attached hydrogen (secondary N) is 1. The highest BCUT2D eigenvalue weighted by molar-refractivity contribution is 7.91. The average Bonchev–Trinajstić information content (AvgIpc) is 3.67. The number of aromatic amines is 1. The minimum Gasteiger partial charge on any atom is -0.481 e. The first-order valence-corrected chi connectivity index (χ1v) is 17.9. The third-order valence-electron chi connectivity index (χ3n) is 9.14. The van der Waals surface area contributed by atoms with Gasteiger partial charge in [-0.25, -0.2) is 26.9 Å². The summed E-state index contributed by atoms with van der Waals surface area (Å²) in [5, 5.41) is 14.5. The van der Waals surface area contributed by atoms with Gasteiger partial charge < -0.3 is 14.8 Å². The molecule has 0 saturated carbocycles. The van der Waals surface area contributed by atoms with E-state index in [2.05, 4.69) is 10.1 Å². The Morgan fingerprint density at radius 2 is 1.94 bits per heavy atom. The number of nitrogens with zero attached hydrogens (tertiary/aromatic N) is 3. The van der Waals surface area contributed by atoms with Gasteiger partial charge in [-0.15, -0.1) is 0 Å². The van der Waals surface area contributed by atoms with E-state index in [9.17, 15) is 18.3 Å². The van der Waals surface area contributed by atoms with E-state index in [0.717, 1.165) is 6.07 Å². The van der Waals surface area contributed by atoms with Crippen LogP contribution in [0.3, 0.4) is 0 Å². The molecular weight excluding hydrogens is 650 g/mol. The van der Waals surface area contributed by atoms with Gasteiger partial charge in [0.15, 0.2) is 33.1 Å². The Morgan fingerprint density at radius 1 is 1.12 bits per heavy atom. The molecule has 9 nitrogen and oxygen atoms in total. The first-order chi connectivity index (χ1) is 24.4. The number of hydrogen-bond donors (Lipinski definition) is 2. The average molecular weight is 694 g/mol. The van der Waals surface area contributed by atoms with E-state index in [1.165, 1.54) is 29.9 Å². The minimum atomic E-state index is -3.73. The highest BCUT2D eigenvalue weighted by Gasteiger charge is 2.36. The molecule has 1 aliphatic rings. The van der Waals surface area contributed by atoms with Crippen LogP contribution in [0.2, 0.25) is 0 Å². The molecule has 1 aliphatic heterocycles. The highest BCUT2D eigenvalue weighted by Crippen LogP contribution is 2.41. The molecule has 5 aromatic rings. The minimum absolute atomic E-state index is 0.00271. The van der Waals surface area contributed by atoms with Crippen LogP contribution in [0.1, 0.15) is 73.0 Å². The predicted octanol–water partition coefficient (Wildman–Crippen LogP) is 7.52. The number of fused-ring (bicyclic) bond motifs is 8. The fourth-order valence-electron chi connectivity index (χ4n) is 6.70. The van der Waals surface area contributed by atoms with Crippen LogP contribution in [0.15, 0.2) is 60.8 Å². The Morgan fingerprint density at radius 3 is 2.71 bits per heavy atom. The fourth-order valence-corrected chi connectivity index (χ4v) is 8.69. The Labute approximate surface area is 288 Å². The number of rotatable bonds is 4. The number of carboxylic acid groups (broad SMARTS) is 1. The van der Waals surface area contributed by atoms with Gasteiger partial charge in [-0.2, -0.15) is 5.10 Å². The predicted molar refractivity (Wildman–Crippen MR) is 184 cm³/mol. The summed E-state index contributed by atoms with van der Waals surface area (Å²) in [4.78, 5) is 19.0. The van der Waals surface area contributed by atoms with Crippen LogP contribution in [0, 0.1) is 17.0 Å². The maximum atomic E-state index is 15.7. The number of H-pyrrole nitrogens is 1. The smallest absolute Gasteiger partial charge is 0.303 e. The molecule has 0 spiro atoms. The Balaban J connectivity index is 1.56. The monoisotopic (exact) mass is 693 g/mol. The quantitative estimate of drug-likeness (QED) is 0.199. The molecular formula is C37H40F2N4O5S. The summed E-state index contributed by atoms with van der Waals surface area (Å²) >= 11 is 0. The number of sulfone groups is 1. The lowest BCUT2D eigenvalue weighted by Crippen LogP contribution is -2.29. The molecule has 0 aliphatic carbocycles. The Kier molecular flexibility index (Phi) is 8.11. The first-order valence-electron chi connectivity index (χ1n) is 17.6. The normalized spacial score (nSPS) is 20.6. The van der Waals surface area contributed by atoms with E-state index >= 15 is 8.78 Å². The van der Waals surface area contributed by atoms with Gasteiger partial charge in [0, 0.05) is 46.3 Å². The standard InChI is InChI=1S/C37H40F2N4O5S/c1-36(2)15-6-16-37(3,24-8-5-7-23(19-24)9-12-32(44)45)35-41-34(43(4)42-35)28-20-25(10-11-29(28)38)48-33-27(14-18-49(46,47)22-36)26-13-17-40-31(26)21-30(33)39/h5,7-8,10-11,13,17,19-21,40H,6,9,12,14-16,18,22H2,1-4H3,(H,44,45)/i3D3. The SMILES string of the molecule is [2H]C([2H])([2H])C1(c2cccc(CCC(=O)O)c2)CCCC(C)(C)CS(=O)(=O)CCc2c(c(F)cc3[nH]ccc23)Oc2ccc(F)c(c2)-c2nc1nn2C. The summed E-state index contributed by atoms with van der Waals surface area (Å²) in [5.74, 6) is -3.22. The number of carboxylic acids is 1. The molecule has 258 valence electrons. The summed E-state index contributed by atoms with van der Waals surface area (Å²) in [5.41, 5.74) is -0.976. The van der Waals surface area contributed by atoms with Crippen molar-refractivity contribution in [2.45, 2.75) is 64.6 Å². The van der Waals surface area contributed by atoms with E-state index in [0.29, 0.717) is 34.0 Å². The third-order valence-corrected chi connectivity index (χ3v) is 11.2. The van der Waals surface area contributed by atoms with E-state index in [4.69, 9.17) is 13.8 Å². The van der Waals surface area contributed by atoms with Crippen LogP contribution >= 0.6 is 0 Å². The zero-order valence-corrected chi connectivity index (χ0v) is 28.3. The van der Waals surface area contributed by atoms with Crippen molar-refractivity contribution in [3.63, 3.8) is 0 Å². The molecule has 6 rings (SSSR count). The van der Waals surface area contributed by atoms with Crippen LogP contribution in [0.4, 0.5) is 8.78 Å². The number of hydrogen-bond acceptors (Lipinski definition) is 6. The van der Waals surface area contributed by atoms with Crippen LogP contribution in [-0.2, 0) is 39.9 Å². The first kappa shape index (κ1) is 30.5. The summed E-state index contributed by atoms with van der Waals surface area (Å²) in [6, 6.07) is 13.4. The summed E-state index contributed by atoms with van der Waals surface area (Å²) in [7, 11) is -2.21. The number of aromatic nitrogens is 4. The zero-order valence-electron chi connectivity index (χ0n) is 30.5. The number of benzene rings is 3. The van der Waals surface area contributed by atoms with Crippen molar-refractivity contribution in [2.75, 3.05) is 11.5 Å². The number of carbonyl (C=O) groups is 1. The van der Waals surface area contributed by atoms with Gasteiger partial charge in [-0.1, -0.05) is 44.5 Å². The van der Waals surface area contributed by atoms with E-state index in [1.54, 1.807) is 50.4 Å². The molecule has 0 saturated heterocycles. The Hall–Kier alpha value is -4.58. The van der Waals surface area contributed by atoms with Gasteiger partial charge in [-0.05, 0) is 73.3 Å². The number of halogens is 2. The van der Waals surface area contributed by atoms with Gasteiger partial charge in [-0.3, -0.25) is 4.79 Å². The van der Waals surface area contributed by atoms with Gasteiger partial charge in [0.25, 0.3) is 0 Å². The molecule has 1 atom stereocenters. The van der Waals surface area contributed by atoms with Crippen molar-refractivity contribution in [3.8, 4) is 22.9 Å². The van der Waals surface area contributed by atoms with Crippen molar-refractivity contribution in [2.24, 2.45) is 12.5 Å². The lowest BCUT2D eigenvalue weighted by atomic mass is 9.75. The van der Waals surface area contributed by atoms with Crippen molar-refractivity contribution in [3.05, 3.63) is 94.9 Å². The van der Waals surface area contributed by atoms with E-state index in [-0.39, 0.29) is 72.3 Å². The summed E-state index contributed by atoms with van der Waals surface area (Å²) < 4.78 is 92.9. The topological polar surface area (TPSA) is 127 Å². The maximum absolute atomic E-state index is 15.7. The van der Waals surface area contributed by atoms with Gasteiger partial charge in [0.1, 0.15) is 11.6 Å². The zero-order chi connectivity index (χ0) is 37.6.